The van der Waals surface area contributed by atoms with Crippen LogP contribution in [0.2, 0.25) is 0 Å². The molecule has 4 aliphatic carbocycles. The van der Waals surface area contributed by atoms with E-state index in [1.165, 1.54) is 64.2 Å². The Morgan fingerprint density at radius 3 is 2.25 bits per heavy atom. The SMILES string of the molecule is C=C.CC(=O)[C@H]1CC[C@H]2[C@@H]3CCC4CCCC[C@]4(C)[C@H]3CC[C@]12C. The van der Waals surface area contributed by atoms with E-state index in [1.54, 1.807) is 0 Å². The predicted octanol–water partition coefficient (Wildman–Crippen LogP) is 6.43. The molecule has 0 saturated heterocycles. The van der Waals surface area contributed by atoms with E-state index >= 15 is 0 Å². The molecule has 4 rings (SSSR count). The van der Waals surface area contributed by atoms with E-state index in [4.69, 9.17) is 0 Å². The van der Waals surface area contributed by atoms with Crippen LogP contribution in [-0.4, -0.2) is 5.78 Å². The van der Waals surface area contributed by atoms with Gasteiger partial charge in [0.15, 0.2) is 0 Å². The van der Waals surface area contributed by atoms with E-state index < -0.39 is 0 Å². The molecule has 1 nitrogen and oxygen atoms in total. The number of ketones is 1. The first-order chi connectivity index (χ1) is 11.5. The van der Waals surface area contributed by atoms with Gasteiger partial charge >= 0.3 is 0 Å². The zero-order valence-corrected chi connectivity index (χ0v) is 16.3. The van der Waals surface area contributed by atoms with Crippen molar-refractivity contribution in [1.82, 2.24) is 0 Å². The summed E-state index contributed by atoms with van der Waals surface area (Å²) in [6.07, 6.45) is 14.1. The molecule has 1 unspecified atom stereocenters. The van der Waals surface area contributed by atoms with Gasteiger partial charge in [-0.2, -0.15) is 0 Å². The lowest BCUT2D eigenvalue weighted by Gasteiger charge is -2.60. The molecule has 0 spiro atoms. The number of fused-ring (bicyclic) bond motifs is 5. The molecule has 0 aromatic heterocycles. The smallest absolute Gasteiger partial charge is 0.133 e. The molecule has 0 bridgehead atoms. The molecule has 0 aromatic rings. The topological polar surface area (TPSA) is 17.1 Å². The second-order valence-electron chi connectivity index (χ2n) is 9.69. The van der Waals surface area contributed by atoms with Crippen LogP contribution in [0.15, 0.2) is 13.2 Å². The Kier molecular flexibility index (Phi) is 5.02. The summed E-state index contributed by atoms with van der Waals surface area (Å²) in [5, 5.41) is 0. The van der Waals surface area contributed by atoms with Gasteiger partial charge in [-0.3, -0.25) is 4.79 Å². The van der Waals surface area contributed by atoms with Crippen molar-refractivity contribution in [2.75, 3.05) is 0 Å². The van der Waals surface area contributed by atoms with E-state index in [1.807, 2.05) is 6.92 Å². The lowest BCUT2D eigenvalue weighted by molar-refractivity contribution is -0.133. The van der Waals surface area contributed by atoms with Gasteiger partial charge in [0.05, 0.1) is 0 Å². The Balaban J connectivity index is 0.000000815. The monoisotopic (exact) mass is 330 g/mol. The zero-order chi connectivity index (χ0) is 17.5. The number of hydrogen-bond acceptors (Lipinski definition) is 1. The summed E-state index contributed by atoms with van der Waals surface area (Å²) in [5.74, 6) is 4.60. The lowest BCUT2D eigenvalue weighted by atomic mass is 9.45. The highest BCUT2D eigenvalue weighted by Crippen LogP contribution is 2.67. The minimum Gasteiger partial charge on any atom is -0.300 e. The first-order valence-corrected chi connectivity index (χ1v) is 10.5. The van der Waals surface area contributed by atoms with Crippen LogP contribution in [0.5, 0.6) is 0 Å². The number of carbonyl (C=O) groups excluding carboxylic acids is 1. The average Bonchev–Trinajstić information content (AvgIpc) is 2.93. The fraction of sp³-hybridized carbons (Fsp3) is 0.870. The number of carbonyl (C=O) groups is 1. The third kappa shape index (κ3) is 2.53. The number of rotatable bonds is 1. The van der Waals surface area contributed by atoms with E-state index in [0.29, 0.717) is 22.5 Å². The van der Waals surface area contributed by atoms with Crippen LogP contribution in [0.1, 0.15) is 85.0 Å². The van der Waals surface area contributed by atoms with E-state index in [9.17, 15) is 4.79 Å². The third-order valence-electron chi connectivity index (χ3n) is 9.07. The first kappa shape index (κ1) is 18.2. The fourth-order valence-corrected chi connectivity index (χ4v) is 7.96. The molecule has 0 heterocycles. The van der Waals surface area contributed by atoms with Crippen LogP contribution in [0, 0.1) is 40.4 Å². The second-order valence-corrected chi connectivity index (χ2v) is 9.69. The zero-order valence-electron chi connectivity index (χ0n) is 16.3. The number of hydrogen-bond donors (Lipinski definition) is 0. The fourth-order valence-electron chi connectivity index (χ4n) is 7.96. The molecule has 0 amide bonds. The van der Waals surface area contributed by atoms with E-state index in [0.717, 1.165) is 23.7 Å². The van der Waals surface area contributed by atoms with Crippen molar-refractivity contribution in [3.63, 3.8) is 0 Å². The highest BCUT2D eigenvalue weighted by atomic mass is 16.1. The Labute approximate surface area is 149 Å². The molecule has 1 heteroatoms. The largest absolute Gasteiger partial charge is 0.300 e. The van der Waals surface area contributed by atoms with Crippen LogP contribution in [-0.2, 0) is 4.79 Å². The predicted molar refractivity (Wildman–Crippen MR) is 102 cm³/mol. The van der Waals surface area contributed by atoms with Gasteiger partial charge in [0.1, 0.15) is 5.78 Å². The summed E-state index contributed by atoms with van der Waals surface area (Å²) in [7, 11) is 0. The molecule has 136 valence electrons. The minimum absolute atomic E-state index is 0.338. The second kappa shape index (κ2) is 6.61. The highest BCUT2D eigenvalue weighted by molar-refractivity contribution is 5.79. The minimum atomic E-state index is 0.338. The third-order valence-corrected chi connectivity index (χ3v) is 9.07. The van der Waals surface area contributed by atoms with Crippen LogP contribution >= 0.6 is 0 Å². The maximum atomic E-state index is 12.2. The molecule has 4 saturated carbocycles. The maximum absolute atomic E-state index is 12.2. The molecule has 4 fully saturated rings. The Hall–Kier alpha value is -0.590. The van der Waals surface area contributed by atoms with Crippen LogP contribution in [0.25, 0.3) is 0 Å². The van der Waals surface area contributed by atoms with Crippen molar-refractivity contribution in [2.24, 2.45) is 40.4 Å². The van der Waals surface area contributed by atoms with E-state index in [-0.39, 0.29) is 0 Å². The van der Waals surface area contributed by atoms with Crippen LogP contribution in [0.4, 0.5) is 0 Å². The average molecular weight is 331 g/mol. The Morgan fingerprint density at radius 2 is 1.54 bits per heavy atom. The Bertz CT molecular complexity index is 482. The molecule has 7 atom stereocenters. The Morgan fingerprint density at radius 1 is 0.833 bits per heavy atom. The van der Waals surface area contributed by atoms with Crippen LogP contribution < -0.4 is 0 Å². The molecule has 0 N–H and O–H groups in total. The summed E-state index contributed by atoms with van der Waals surface area (Å²) < 4.78 is 0. The van der Waals surface area contributed by atoms with Gasteiger partial charge < -0.3 is 0 Å². The summed E-state index contributed by atoms with van der Waals surface area (Å²) >= 11 is 0. The summed E-state index contributed by atoms with van der Waals surface area (Å²) in [4.78, 5) is 12.2. The summed E-state index contributed by atoms with van der Waals surface area (Å²) in [6, 6.07) is 0. The standard InChI is InChI=1S/C21H34O.C2H4/c1-14(22)17-9-10-18-16-8-7-15-6-4-5-12-20(15,2)19(16)11-13-21(17,18)3;1-2/h15-19H,4-13H2,1-3H3;1-2H2/t15?,16-,17+,18-,19-,20-,21+;/m0./s1. The van der Waals surface area contributed by atoms with Gasteiger partial charge in [0.2, 0.25) is 0 Å². The van der Waals surface area contributed by atoms with Gasteiger partial charge in [0.25, 0.3) is 0 Å². The first-order valence-electron chi connectivity index (χ1n) is 10.5. The molecule has 0 radical (unpaired) electrons. The van der Waals surface area contributed by atoms with E-state index in [2.05, 4.69) is 27.0 Å². The number of Topliss-reactive ketones (excluding diaryl/α,β-unsaturated/α-hetero) is 1. The van der Waals surface area contributed by atoms with Crippen molar-refractivity contribution in [3.8, 4) is 0 Å². The maximum Gasteiger partial charge on any atom is 0.133 e. The van der Waals surface area contributed by atoms with Gasteiger partial charge in [-0.25, -0.2) is 0 Å². The van der Waals surface area contributed by atoms with Gasteiger partial charge in [-0.05, 0) is 92.8 Å². The van der Waals surface area contributed by atoms with Gasteiger partial charge in [-0.1, -0.05) is 26.7 Å². The summed E-state index contributed by atoms with van der Waals surface area (Å²) in [6.45, 7) is 13.0. The lowest BCUT2D eigenvalue weighted by Crippen LogP contribution is -2.53. The van der Waals surface area contributed by atoms with Crippen molar-refractivity contribution in [3.05, 3.63) is 13.2 Å². The molecule has 24 heavy (non-hydrogen) atoms. The molecule has 4 aliphatic rings. The quantitative estimate of drug-likeness (QED) is 0.506. The van der Waals surface area contributed by atoms with Crippen molar-refractivity contribution < 1.29 is 4.79 Å². The molecule has 0 aromatic carbocycles. The normalized spacial score (nSPS) is 49.9. The van der Waals surface area contributed by atoms with Crippen molar-refractivity contribution in [2.45, 2.75) is 85.0 Å². The molecular weight excluding hydrogens is 292 g/mol. The highest BCUT2D eigenvalue weighted by Gasteiger charge is 2.60. The van der Waals surface area contributed by atoms with Crippen molar-refractivity contribution in [1.29, 1.82) is 0 Å². The molecular formula is C23H38O. The molecule has 0 aliphatic heterocycles. The van der Waals surface area contributed by atoms with Crippen LogP contribution in [0.3, 0.4) is 0 Å². The van der Waals surface area contributed by atoms with Gasteiger partial charge in [0, 0.05) is 5.92 Å². The van der Waals surface area contributed by atoms with Gasteiger partial charge in [-0.15, -0.1) is 13.2 Å². The van der Waals surface area contributed by atoms with Crippen molar-refractivity contribution >= 4 is 5.78 Å². The summed E-state index contributed by atoms with van der Waals surface area (Å²) in [5.41, 5.74) is 0.974.